The number of anilines is 2. The summed E-state index contributed by atoms with van der Waals surface area (Å²) < 4.78 is 14.2. The molecule has 5 aromatic rings. The van der Waals surface area contributed by atoms with E-state index in [0.29, 0.717) is 5.82 Å². The molecular formula is C25H19FN4OS. The van der Waals surface area contributed by atoms with Gasteiger partial charge in [-0.1, -0.05) is 48.5 Å². The summed E-state index contributed by atoms with van der Waals surface area (Å²) in [6.45, 7) is 0.138. The predicted octanol–water partition coefficient (Wildman–Crippen LogP) is 5.73. The van der Waals surface area contributed by atoms with Gasteiger partial charge in [-0.25, -0.2) is 14.4 Å². The van der Waals surface area contributed by atoms with Crippen LogP contribution in [-0.4, -0.2) is 29.5 Å². The normalized spacial score (nSPS) is 11.1. The number of nitrogens with one attached hydrogen (secondary N) is 1. The largest absolute Gasteiger partial charge is 0.349 e. The summed E-state index contributed by atoms with van der Waals surface area (Å²) in [6, 6.07) is 22.1. The summed E-state index contributed by atoms with van der Waals surface area (Å²) >= 11 is 1.52. The van der Waals surface area contributed by atoms with E-state index in [2.05, 4.69) is 15.3 Å². The third-order valence-corrected chi connectivity index (χ3v) is 6.40. The number of carbonyl (C=O) groups is 1. The van der Waals surface area contributed by atoms with Crippen LogP contribution in [0.25, 0.3) is 31.4 Å². The second-order valence-electron chi connectivity index (χ2n) is 7.46. The topological polar surface area (TPSA) is 58.1 Å². The molecule has 0 aliphatic heterocycles. The van der Waals surface area contributed by atoms with E-state index >= 15 is 0 Å². The molecule has 3 aromatic carbocycles. The molecule has 2 heterocycles. The van der Waals surface area contributed by atoms with Crippen LogP contribution in [0, 0.1) is 5.82 Å². The lowest BCUT2D eigenvalue weighted by Crippen LogP contribution is -2.30. The van der Waals surface area contributed by atoms with Gasteiger partial charge in [0, 0.05) is 23.0 Å². The fourth-order valence-corrected chi connectivity index (χ4v) is 4.85. The molecular weight excluding hydrogens is 423 g/mol. The second kappa shape index (κ2) is 8.36. The Labute approximate surface area is 188 Å². The standard InChI is InChI=1S/C25H19FN4OS/c1-30(14-23(31)29-20-8-4-6-16-5-2-3-7-19(16)20)25-24-21(27-15-28-25)13-22(32-24)17-9-11-18(26)12-10-17/h2-13,15H,14H2,1H3,(H,29,31). The first-order valence-corrected chi connectivity index (χ1v) is 10.9. The van der Waals surface area contributed by atoms with Crippen LogP contribution in [0.5, 0.6) is 0 Å². The number of rotatable bonds is 5. The SMILES string of the molecule is CN(CC(=O)Nc1cccc2ccccc12)c1ncnc2cc(-c3ccc(F)cc3)sc12. The summed E-state index contributed by atoms with van der Waals surface area (Å²) in [4.78, 5) is 24.4. The molecule has 158 valence electrons. The molecule has 0 aliphatic carbocycles. The number of amides is 1. The number of carbonyl (C=O) groups excluding carboxylic acids is 1. The molecule has 0 aliphatic rings. The van der Waals surface area contributed by atoms with Crippen molar-refractivity contribution in [2.24, 2.45) is 0 Å². The molecule has 0 spiro atoms. The van der Waals surface area contributed by atoms with Crippen LogP contribution in [-0.2, 0) is 4.79 Å². The van der Waals surface area contributed by atoms with Crippen LogP contribution in [0.1, 0.15) is 0 Å². The fourth-order valence-electron chi connectivity index (χ4n) is 3.68. The number of halogens is 1. The van der Waals surface area contributed by atoms with Crippen LogP contribution in [0.3, 0.4) is 0 Å². The first kappa shape index (κ1) is 20.1. The molecule has 5 nitrogen and oxygen atoms in total. The van der Waals surface area contributed by atoms with E-state index in [1.54, 1.807) is 12.1 Å². The number of benzene rings is 3. The van der Waals surface area contributed by atoms with Crippen molar-refractivity contribution >= 4 is 49.7 Å². The number of aromatic nitrogens is 2. The van der Waals surface area contributed by atoms with Crippen molar-refractivity contribution in [3.8, 4) is 10.4 Å². The summed E-state index contributed by atoms with van der Waals surface area (Å²) in [5.74, 6) is 0.277. The number of fused-ring (bicyclic) bond motifs is 2. The minimum absolute atomic E-state index is 0.133. The Morgan fingerprint density at radius 3 is 2.66 bits per heavy atom. The van der Waals surface area contributed by atoms with Crippen LogP contribution in [0.2, 0.25) is 0 Å². The highest BCUT2D eigenvalue weighted by molar-refractivity contribution is 7.22. The molecule has 7 heteroatoms. The maximum Gasteiger partial charge on any atom is 0.243 e. The van der Waals surface area contributed by atoms with Gasteiger partial charge < -0.3 is 10.2 Å². The molecule has 0 unspecified atom stereocenters. The van der Waals surface area contributed by atoms with Gasteiger partial charge in [0.25, 0.3) is 0 Å². The predicted molar refractivity (Wildman–Crippen MR) is 129 cm³/mol. The number of thiophene rings is 1. The van der Waals surface area contributed by atoms with Gasteiger partial charge in [-0.3, -0.25) is 4.79 Å². The summed E-state index contributed by atoms with van der Waals surface area (Å²) in [7, 11) is 1.84. The number of hydrogen-bond acceptors (Lipinski definition) is 5. The highest BCUT2D eigenvalue weighted by Crippen LogP contribution is 2.36. The molecule has 2 aromatic heterocycles. The molecule has 1 amide bonds. The minimum atomic E-state index is -0.271. The van der Waals surface area contributed by atoms with Crippen molar-refractivity contribution in [1.29, 1.82) is 0 Å². The van der Waals surface area contributed by atoms with Crippen LogP contribution < -0.4 is 10.2 Å². The van der Waals surface area contributed by atoms with E-state index in [0.717, 1.165) is 37.1 Å². The van der Waals surface area contributed by atoms with E-state index in [-0.39, 0.29) is 18.3 Å². The van der Waals surface area contributed by atoms with Gasteiger partial charge in [-0.05, 0) is 35.2 Å². The average Bonchev–Trinajstić information content (AvgIpc) is 3.24. The smallest absolute Gasteiger partial charge is 0.243 e. The Kier molecular flexibility index (Phi) is 5.25. The summed E-state index contributed by atoms with van der Waals surface area (Å²) in [5, 5.41) is 5.08. The molecule has 0 saturated heterocycles. The number of likely N-dealkylation sites (N-methyl/N-ethyl adjacent to an activating group) is 1. The summed E-state index contributed by atoms with van der Waals surface area (Å²) in [6.07, 6.45) is 1.50. The highest BCUT2D eigenvalue weighted by Gasteiger charge is 2.16. The Bertz CT molecular complexity index is 1430. The Morgan fingerprint density at radius 1 is 1.03 bits per heavy atom. The van der Waals surface area contributed by atoms with Crippen molar-refractivity contribution < 1.29 is 9.18 Å². The van der Waals surface area contributed by atoms with Crippen LogP contribution in [0.4, 0.5) is 15.9 Å². The molecule has 1 N–H and O–H groups in total. The van der Waals surface area contributed by atoms with Gasteiger partial charge in [0.1, 0.15) is 18.0 Å². The van der Waals surface area contributed by atoms with Crippen molar-refractivity contribution in [1.82, 2.24) is 9.97 Å². The summed E-state index contributed by atoms with van der Waals surface area (Å²) in [5.41, 5.74) is 2.49. The monoisotopic (exact) mass is 442 g/mol. The van der Waals surface area contributed by atoms with Gasteiger partial charge in [0.05, 0.1) is 16.8 Å². The van der Waals surface area contributed by atoms with E-state index in [4.69, 9.17) is 0 Å². The first-order valence-electron chi connectivity index (χ1n) is 10.1. The lowest BCUT2D eigenvalue weighted by Gasteiger charge is -2.18. The van der Waals surface area contributed by atoms with Gasteiger partial charge in [0.15, 0.2) is 0 Å². The maximum atomic E-state index is 13.3. The molecule has 5 rings (SSSR count). The zero-order chi connectivity index (χ0) is 22.1. The fraction of sp³-hybridized carbons (Fsp3) is 0.0800. The third kappa shape index (κ3) is 3.90. The number of nitrogens with zero attached hydrogens (tertiary/aromatic N) is 3. The zero-order valence-electron chi connectivity index (χ0n) is 17.2. The molecule has 0 bridgehead atoms. The van der Waals surface area contributed by atoms with Crippen LogP contribution >= 0.6 is 11.3 Å². The Balaban J connectivity index is 1.39. The molecule has 32 heavy (non-hydrogen) atoms. The van der Waals surface area contributed by atoms with E-state index in [9.17, 15) is 9.18 Å². The Hall–Kier alpha value is -3.84. The maximum absolute atomic E-state index is 13.3. The van der Waals surface area contributed by atoms with E-state index in [1.165, 1.54) is 29.8 Å². The van der Waals surface area contributed by atoms with Crippen molar-refractivity contribution in [2.45, 2.75) is 0 Å². The van der Waals surface area contributed by atoms with Crippen molar-refractivity contribution in [3.05, 3.63) is 84.9 Å². The van der Waals surface area contributed by atoms with Gasteiger partial charge in [-0.2, -0.15) is 0 Å². The molecule has 0 fully saturated rings. The number of hydrogen-bond donors (Lipinski definition) is 1. The van der Waals surface area contributed by atoms with E-state index < -0.39 is 0 Å². The zero-order valence-corrected chi connectivity index (χ0v) is 18.1. The van der Waals surface area contributed by atoms with Crippen molar-refractivity contribution in [3.63, 3.8) is 0 Å². The highest BCUT2D eigenvalue weighted by atomic mass is 32.1. The Morgan fingerprint density at radius 2 is 1.81 bits per heavy atom. The van der Waals surface area contributed by atoms with Gasteiger partial charge in [-0.15, -0.1) is 11.3 Å². The van der Waals surface area contributed by atoms with Crippen LogP contribution in [0.15, 0.2) is 79.1 Å². The lowest BCUT2D eigenvalue weighted by atomic mass is 10.1. The molecule has 0 atom stereocenters. The quantitative estimate of drug-likeness (QED) is 0.378. The first-order chi connectivity index (χ1) is 15.6. The minimum Gasteiger partial charge on any atom is -0.349 e. The van der Waals surface area contributed by atoms with E-state index in [1.807, 2.05) is 60.5 Å². The lowest BCUT2D eigenvalue weighted by molar-refractivity contribution is -0.114. The molecule has 0 saturated carbocycles. The van der Waals surface area contributed by atoms with Crippen molar-refractivity contribution in [2.75, 3.05) is 23.8 Å². The van der Waals surface area contributed by atoms with Gasteiger partial charge in [0.2, 0.25) is 5.91 Å². The third-order valence-electron chi connectivity index (χ3n) is 5.23. The average molecular weight is 443 g/mol. The molecule has 0 radical (unpaired) electrons. The second-order valence-corrected chi connectivity index (χ2v) is 8.51. The van der Waals surface area contributed by atoms with Gasteiger partial charge >= 0.3 is 0 Å².